The van der Waals surface area contributed by atoms with Crippen molar-refractivity contribution in [2.75, 3.05) is 20.3 Å². The summed E-state index contributed by atoms with van der Waals surface area (Å²) in [5, 5.41) is 0. The third-order valence-corrected chi connectivity index (χ3v) is 5.13. The first kappa shape index (κ1) is 20.4. The van der Waals surface area contributed by atoms with E-state index in [0.717, 1.165) is 25.3 Å². The van der Waals surface area contributed by atoms with Crippen LogP contribution in [0.15, 0.2) is 36.7 Å². The van der Waals surface area contributed by atoms with Gasteiger partial charge in [-0.25, -0.2) is 4.98 Å². The second-order valence-electron chi connectivity index (χ2n) is 7.01. The van der Waals surface area contributed by atoms with Crippen molar-refractivity contribution in [2.45, 2.75) is 38.5 Å². The highest BCUT2D eigenvalue weighted by Gasteiger charge is 2.33. The van der Waals surface area contributed by atoms with Gasteiger partial charge < -0.3 is 14.2 Å². The highest BCUT2D eigenvalue weighted by Crippen LogP contribution is 2.32. The summed E-state index contributed by atoms with van der Waals surface area (Å²) in [5.41, 5.74) is -0.487. The van der Waals surface area contributed by atoms with E-state index in [9.17, 15) is 18.0 Å². The standard InChI is InChI=1S/C20H24F3N3O2/c1-28-12-11-26(19(27)15-6-4-7-15)14-18-24-9-10-25(18)13-16-5-2-3-8-17(16)20(21,22)23/h2-3,5,8-10,15H,4,6-7,11-14H2,1H3. The SMILES string of the molecule is COCCN(Cc1nccn1Cc1ccccc1C(F)(F)F)C(=O)C1CCC1. The largest absolute Gasteiger partial charge is 0.416 e. The van der Waals surface area contributed by atoms with E-state index in [0.29, 0.717) is 19.0 Å². The zero-order chi connectivity index (χ0) is 20.1. The Morgan fingerprint density at radius 1 is 1.32 bits per heavy atom. The fourth-order valence-corrected chi connectivity index (χ4v) is 3.31. The van der Waals surface area contributed by atoms with Gasteiger partial charge in [0.2, 0.25) is 5.91 Å². The maximum Gasteiger partial charge on any atom is 0.416 e. The molecule has 0 unspecified atom stereocenters. The number of benzene rings is 1. The van der Waals surface area contributed by atoms with Gasteiger partial charge in [0.25, 0.3) is 0 Å². The van der Waals surface area contributed by atoms with Gasteiger partial charge in [0.05, 0.1) is 18.7 Å². The highest BCUT2D eigenvalue weighted by atomic mass is 19.4. The van der Waals surface area contributed by atoms with Gasteiger partial charge in [0.15, 0.2) is 0 Å². The monoisotopic (exact) mass is 395 g/mol. The quantitative estimate of drug-likeness (QED) is 0.684. The Hall–Kier alpha value is -2.35. The van der Waals surface area contributed by atoms with E-state index < -0.39 is 11.7 Å². The number of amides is 1. The molecule has 0 N–H and O–H groups in total. The zero-order valence-corrected chi connectivity index (χ0v) is 15.8. The second-order valence-corrected chi connectivity index (χ2v) is 7.01. The Bertz CT molecular complexity index is 800. The molecule has 0 spiro atoms. The smallest absolute Gasteiger partial charge is 0.383 e. The summed E-state index contributed by atoms with van der Waals surface area (Å²) in [5.74, 6) is 0.653. The molecule has 1 aromatic carbocycles. The van der Waals surface area contributed by atoms with Crippen LogP contribution in [0.5, 0.6) is 0 Å². The molecule has 3 rings (SSSR count). The lowest BCUT2D eigenvalue weighted by molar-refractivity contribution is -0.139. The number of halogens is 3. The van der Waals surface area contributed by atoms with Crippen LogP contribution in [0.4, 0.5) is 13.2 Å². The summed E-state index contributed by atoms with van der Waals surface area (Å²) >= 11 is 0. The molecule has 1 aliphatic rings. The number of hydrogen-bond acceptors (Lipinski definition) is 3. The van der Waals surface area contributed by atoms with E-state index in [1.165, 1.54) is 12.1 Å². The lowest BCUT2D eigenvalue weighted by atomic mass is 9.84. The van der Waals surface area contributed by atoms with Gasteiger partial charge in [-0.15, -0.1) is 0 Å². The lowest BCUT2D eigenvalue weighted by Crippen LogP contribution is -2.40. The number of alkyl halides is 3. The third-order valence-electron chi connectivity index (χ3n) is 5.13. The predicted molar refractivity (Wildman–Crippen MR) is 97.4 cm³/mol. The molecule has 0 aliphatic heterocycles. The number of rotatable bonds is 8. The summed E-state index contributed by atoms with van der Waals surface area (Å²) in [6, 6.07) is 5.52. The van der Waals surface area contributed by atoms with Gasteiger partial charge in [-0.1, -0.05) is 24.6 Å². The molecule has 1 heterocycles. The molecule has 0 radical (unpaired) electrons. The molecule has 8 heteroatoms. The van der Waals surface area contributed by atoms with Crippen molar-refractivity contribution < 1.29 is 22.7 Å². The zero-order valence-electron chi connectivity index (χ0n) is 15.8. The number of hydrogen-bond donors (Lipinski definition) is 0. The Kier molecular flexibility index (Phi) is 6.39. The van der Waals surface area contributed by atoms with Crippen molar-refractivity contribution in [3.8, 4) is 0 Å². The third kappa shape index (κ3) is 4.73. The minimum absolute atomic E-state index is 0.0335. The number of imidazole rings is 1. The summed E-state index contributed by atoms with van der Waals surface area (Å²) in [6.45, 7) is 1.12. The minimum atomic E-state index is -4.41. The molecule has 1 aliphatic carbocycles. The number of carbonyl (C=O) groups excluding carboxylic acids is 1. The van der Waals surface area contributed by atoms with Gasteiger partial charge in [-0.05, 0) is 24.5 Å². The molecule has 0 bridgehead atoms. The summed E-state index contributed by atoms with van der Waals surface area (Å²) < 4.78 is 46.6. The molecule has 1 aromatic heterocycles. The Balaban J connectivity index is 1.78. The topological polar surface area (TPSA) is 47.4 Å². The lowest BCUT2D eigenvalue weighted by Gasteiger charge is -2.31. The van der Waals surface area contributed by atoms with Crippen LogP contribution in [0.1, 0.15) is 36.2 Å². The molecular weight excluding hydrogens is 371 g/mol. The van der Waals surface area contributed by atoms with E-state index in [1.807, 2.05) is 0 Å². The molecule has 152 valence electrons. The van der Waals surface area contributed by atoms with E-state index in [-0.39, 0.29) is 30.5 Å². The first-order chi connectivity index (χ1) is 13.4. The van der Waals surface area contributed by atoms with Crippen LogP contribution in [0.2, 0.25) is 0 Å². The minimum Gasteiger partial charge on any atom is -0.383 e. The van der Waals surface area contributed by atoms with Gasteiger partial charge in [0, 0.05) is 38.5 Å². The number of methoxy groups -OCH3 is 1. The molecule has 1 amide bonds. The van der Waals surface area contributed by atoms with Crippen molar-refractivity contribution in [3.05, 3.63) is 53.6 Å². The molecule has 0 saturated heterocycles. The van der Waals surface area contributed by atoms with Crippen molar-refractivity contribution in [3.63, 3.8) is 0 Å². The number of nitrogens with zero attached hydrogens (tertiary/aromatic N) is 3. The fourth-order valence-electron chi connectivity index (χ4n) is 3.31. The summed E-state index contributed by atoms with van der Waals surface area (Å²) in [7, 11) is 1.57. The Morgan fingerprint density at radius 2 is 2.07 bits per heavy atom. The van der Waals surface area contributed by atoms with Gasteiger partial charge in [0.1, 0.15) is 5.82 Å². The average Bonchev–Trinajstić information content (AvgIpc) is 3.03. The summed E-state index contributed by atoms with van der Waals surface area (Å²) in [4.78, 5) is 18.7. The van der Waals surface area contributed by atoms with Gasteiger partial charge in [-0.2, -0.15) is 13.2 Å². The Morgan fingerprint density at radius 3 is 2.71 bits per heavy atom. The predicted octanol–water partition coefficient (Wildman–Crippen LogP) is 3.73. The first-order valence-electron chi connectivity index (χ1n) is 9.33. The van der Waals surface area contributed by atoms with Crippen LogP contribution in [0.25, 0.3) is 0 Å². The second kappa shape index (κ2) is 8.77. The van der Waals surface area contributed by atoms with Gasteiger partial charge >= 0.3 is 6.18 Å². The maximum atomic E-state index is 13.3. The Labute approximate surface area is 162 Å². The van der Waals surface area contributed by atoms with E-state index in [1.54, 1.807) is 35.0 Å². The van der Waals surface area contributed by atoms with E-state index in [4.69, 9.17) is 4.74 Å². The van der Waals surface area contributed by atoms with Crippen molar-refractivity contribution in [2.24, 2.45) is 5.92 Å². The van der Waals surface area contributed by atoms with Crippen LogP contribution >= 0.6 is 0 Å². The van der Waals surface area contributed by atoms with Crippen LogP contribution in [0, 0.1) is 5.92 Å². The molecule has 1 saturated carbocycles. The average molecular weight is 395 g/mol. The molecule has 2 aromatic rings. The number of ether oxygens (including phenoxy) is 1. The summed E-state index contributed by atoms with van der Waals surface area (Å²) in [6.07, 6.45) is 1.60. The maximum absolute atomic E-state index is 13.3. The molecule has 28 heavy (non-hydrogen) atoms. The molecular formula is C20H24F3N3O2. The number of aromatic nitrogens is 2. The fraction of sp³-hybridized carbons (Fsp3) is 0.500. The van der Waals surface area contributed by atoms with Crippen LogP contribution in [-0.2, 0) is 28.8 Å². The van der Waals surface area contributed by atoms with E-state index in [2.05, 4.69) is 4.98 Å². The molecule has 5 nitrogen and oxygen atoms in total. The molecule has 0 atom stereocenters. The van der Waals surface area contributed by atoms with Crippen LogP contribution < -0.4 is 0 Å². The van der Waals surface area contributed by atoms with Gasteiger partial charge in [-0.3, -0.25) is 4.79 Å². The van der Waals surface area contributed by atoms with Crippen molar-refractivity contribution >= 4 is 5.91 Å². The molecule has 1 fully saturated rings. The van der Waals surface area contributed by atoms with E-state index >= 15 is 0 Å². The van der Waals surface area contributed by atoms with Crippen LogP contribution in [0.3, 0.4) is 0 Å². The van der Waals surface area contributed by atoms with Crippen LogP contribution in [-0.4, -0.2) is 40.6 Å². The van der Waals surface area contributed by atoms with Crippen molar-refractivity contribution in [1.82, 2.24) is 14.5 Å². The first-order valence-corrected chi connectivity index (χ1v) is 9.33. The number of carbonyl (C=O) groups is 1. The highest BCUT2D eigenvalue weighted by molar-refractivity contribution is 5.79. The van der Waals surface area contributed by atoms with Crippen molar-refractivity contribution in [1.29, 1.82) is 0 Å². The normalized spacial score (nSPS) is 14.7.